The summed E-state index contributed by atoms with van der Waals surface area (Å²) in [7, 11) is 1.68. The highest BCUT2D eigenvalue weighted by molar-refractivity contribution is 7.12. The Hall–Kier alpha value is -1.88. The van der Waals surface area contributed by atoms with E-state index in [0.717, 1.165) is 34.9 Å². The molecule has 5 heteroatoms. The Morgan fingerprint density at radius 3 is 3.00 bits per heavy atom. The Kier molecular flexibility index (Phi) is 3.92. The van der Waals surface area contributed by atoms with Gasteiger partial charge in [0.2, 0.25) is 0 Å². The number of hydrogen-bond donors (Lipinski definition) is 0. The predicted molar refractivity (Wildman–Crippen MR) is 81.8 cm³/mol. The lowest BCUT2D eigenvalue weighted by Crippen LogP contribution is -2.07. The van der Waals surface area contributed by atoms with E-state index in [-0.39, 0.29) is 12.4 Å². The van der Waals surface area contributed by atoms with E-state index in [1.54, 1.807) is 18.4 Å². The van der Waals surface area contributed by atoms with Crippen LogP contribution in [0.4, 0.5) is 0 Å². The molecule has 2 aromatic rings. The fraction of sp³-hybridized carbons (Fsp3) is 0.375. The molecule has 1 aromatic heterocycles. The van der Waals surface area contributed by atoms with E-state index in [9.17, 15) is 4.79 Å². The standard InChI is InChI=1S/C16H17NO3S/c1-3-20-15(18)9-14-17-16-12-6-5-11(19-2)8-10(12)4-7-13(16)21-14/h5-6,8H,3-4,7,9H2,1-2H3. The molecule has 0 unspecified atom stereocenters. The lowest BCUT2D eigenvalue weighted by atomic mass is 9.93. The van der Waals surface area contributed by atoms with Crippen molar-refractivity contribution in [3.05, 3.63) is 33.6 Å². The molecule has 1 aliphatic rings. The van der Waals surface area contributed by atoms with E-state index < -0.39 is 0 Å². The number of aryl methyl sites for hydroxylation is 2. The Labute approximate surface area is 127 Å². The number of rotatable bonds is 4. The van der Waals surface area contributed by atoms with Crippen LogP contribution < -0.4 is 4.74 Å². The SMILES string of the molecule is CCOC(=O)Cc1nc2c(s1)CCc1cc(OC)ccc1-2. The fourth-order valence-corrected chi connectivity index (χ4v) is 3.64. The number of esters is 1. The summed E-state index contributed by atoms with van der Waals surface area (Å²) in [5.74, 6) is 0.665. The van der Waals surface area contributed by atoms with Crippen LogP contribution in [-0.4, -0.2) is 24.7 Å². The smallest absolute Gasteiger partial charge is 0.312 e. The van der Waals surface area contributed by atoms with Crippen LogP contribution >= 0.6 is 11.3 Å². The minimum absolute atomic E-state index is 0.210. The number of carbonyl (C=O) groups excluding carboxylic acids is 1. The summed E-state index contributed by atoms with van der Waals surface area (Å²) < 4.78 is 10.3. The molecule has 1 heterocycles. The van der Waals surface area contributed by atoms with Crippen molar-refractivity contribution in [1.29, 1.82) is 0 Å². The molecule has 0 saturated carbocycles. The molecule has 4 nitrogen and oxygen atoms in total. The van der Waals surface area contributed by atoms with Gasteiger partial charge in [0.1, 0.15) is 10.8 Å². The van der Waals surface area contributed by atoms with E-state index in [1.165, 1.54) is 10.4 Å². The molecule has 1 aromatic carbocycles. The minimum atomic E-state index is -0.210. The van der Waals surface area contributed by atoms with Crippen LogP contribution in [0.5, 0.6) is 5.75 Å². The van der Waals surface area contributed by atoms with Gasteiger partial charge >= 0.3 is 5.97 Å². The number of hydrogen-bond acceptors (Lipinski definition) is 5. The van der Waals surface area contributed by atoms with Gasteiger partial charge in [-0.15, -0.1) is 11.3 Å². The molecule has 1 aliphatic carbocycles. The van der Waals surface area contributed by atoms with E-state index in [2.05, 4.69) is 17.1 Å². The number of thiazole rings is 1. The van der Waals surface area contributed by atoms with E-state index >= 15 is 0 Å². The number of fused-ring (bicyclic) bond motifs is 3. The molecule has 0 fully saturated rings. The molecule has 0 spiro atoms. The van der Waals surface area contributed by atoms with Crippen molar-refractivity contribution < 1.29 is 14.3 Å². The Morgan fingerprint density at radius 1 is 1.38 bits per heavy atom. The maximum absolute atomic E-state index is 11.6. The number of aromatic nitrogens is 1. The van der Waals surface area contributed by atoms with Gasteiger partial charge in [-0.05, 0) is 43.5 Å². The molecule has 0 N–H and O–H groups in total. The zero-order chi connectivity index (χ0) is 14.8. The largest absolute Gasteiger partial charge is 0.497 e. The summed E-state index contributed by atoms with van der Waals surface area (Å²) in [4.78, 5) is 17.5. The average Bonchev–Trinajstić information content (AvgIpc) is 2.89. The minimum Gasteiger partial charge on any atom is -0.497 e. The number of methoxy groups -OCH3 is 1. The molecule has 110 valence electrons. The van der Waals surface area contributed by atoms with Crippen molar-refractivity contribution in [3.8, 4) is 17.0 Å². The van der Waals surface area contributed by atoms with Gasteiger partial charge in [-0.3, -0.25) is 4.79 Å². The lowest BCUT2D eigenvalue weighted by molar-refractivity contribution is -0.142. The second-order valence-electron chi connectivity index (χ2n) is 4.88. The molecule has 0 bridgehead atoms. The normalized spacial score (nSPS) is 12.5. The highest BCUT2D eigenvalue weighted by Gasteiger charge is 2.22. The number of benzene rings is 1. The zero-order valence-electron chi connectivity index (χ0n) is 12.1. The Balaban J connectivity index is 1.90. The summed E-state index contributed by atoms with van der Waals surface area (Å²) in [6, 6.07) is 6.08. The highest BCUT2D eigenvalue weighted by atomic mass is 32.1. The molecule has 0 atom stereocenters. The van der Waals surface area contributed by atoms with Crippen LogP contribution in [-0.2, 0) is 28.8 Å². The second kappa shape index (κ2) is 5.85. The predicted octanol–water partition coefficient (Wildman–Crippen LogP) is 3.02. The molecular weight excluding hydrogens is 286 g/mol. The van der Waals surface area contributed by atoms with Crippen LogP contribution in [0.3, 0.4) is 0 Å². The topological polar surface area (TPSA) is 48.4 Å². The Morgan fingerprint density at radius 2 is 2.24 bits per heavy atom. The first-order chi connectivity index (χ1) is 10.2. The third kappa shape index (κ3) is 2.78. The average molecular weight is 303 g/mol. The van der Waals surface area contributed by atoms with Crippen molar-refractivity contribution in [3.63, 3.8) is 0 Å². The Bertz CT molecular complexity index is 678. The van der Waals surface area contributed by atoms with Crippen molar-refractivity contribution in [2.75, 3.05) is 13.7 Å². The summed E-state index contributed by atoms with van der Waals surface area (Å²) >= 11 is 1.62. The zero-order valence-corrected chi connectivity index (χ0v) is 13.0. The third-order valence-electron chi connectivity index (χ3n) is 3.53. The first kappa shape index (κ1) is 14.1. The van der Waals surface area contributed by atoms with E-state index in [1.807, 2.05) is 13.0 Å². The molecular formula is C16H17NO3S. The van der Waals surface area contributed by atoms with Gasteiger partial charge in [0.05, 0.1) is 25.8 Å². The third-order valence-corrected chi connectivity index (χ3v) is 4.65. The summed E-state index contributed by atoms with van der Waals surface area (Å²) in [5.41, 5.74) is 3.43. The van der Waals surface area contributed by atoms with Crippen LogP contribution in [0.2, 0.25) is 0 Å². The molecule has 0 aliphatic heterocycles. The highest BCUT2D eigenvalue weighted by Crippen LogP contribution is 2.37. The van der Waals surface area contributed by atoms with E-state index in [0.29, 0.717) is 6.61 Å². The molecule has 21 heavy (non-hydrogen) atoms. The number of ether oxygens (including phenoxy) is 2. The van der Waals surface area contributed by atoms with Gasteiger partial charge in [-0.2, -0.15) is 0 Å². The van der Waals surface area contributed by atoms with Crippen molar-refractivity contribution in [2.45, 2.75) is 26.2 Å². The van der Waals surface area contributed by atoms with Gasteiger partial charge in [-0.25, -0.2) is 4.98 Å². The van der Waals surface area contributed by atoms with Crippen molar-refractivity contribution >= 4 is 17.3 Å². The van der Waals surface area contributed by atoms with Crippen LogP contribution in [0.25, 0.3) is 11.3 Å². The molecule has 0 radical (unpaired) electrons. The van der Waals surface area contributed by atoms with Crippen LogP contribution in [0.1, 0.15) is 22.4 Å². The maximum atomic E-state index is 11.6. The van der Waals surface area contributed by atoms with Gasteiger partial charge in [-0.1, -0.05) is 0 Å². The summed E-state index contributed by atoms with van der Waals surface area (Å²) in [6.45, 7) is 2.22. The quantitative estimate of drug-likeness (QED) is 0.815. The monoisotopic (exact) mass is 303 g/mol. The number of carbonyl (C=O) groups is 1. The lowest BCUT2D eigenvalue weighted by Gasteiger charge is -2.15. The van der Waals surface area contributed by atoms with Gasteiger partial charge in [0.25, 0.3) is 0 Å². The van der Waals surface area contributed by atoms with Gasteiger partial charge in [0.15, 0.2) is 0 Å². The summed E-state index contributed by atoms with van der Waals surface area (Å²) in [6.07, 6.45) is 2.22. The molecule has 0 saturated heterocycles. The summed E-state index contributed by atoms with van der Waals surface area (Å²) in [5, 5.41) is 0.835. The molecule has 0 amide bonds. The van der Waals surface area contributed by atoms with Crippen molar-refractivity contribution in [1.82, 2.24) is 4.98 Å². The van der Waals surface area contributed by atoms with E-state index in [4.69, 9.17) is 9.47 Å². The fourth-order valence-electron chi connectivity index (χ4n) is 2.57. The maximum Gasteiger partial charge on any atom is 0.312 e. The van der Waals surface area contributed by atoms with Crippen LogP contribution in [0, 0.1) is 0 Å². The van der Waals surface area contributed by atoms with Gasteiger partial charge < -0.3 is 9.47 Å². The first-order valence-electron chi connectivity index (χ1n) is 7.02. The van der Waals surface area contributed by atoms with Gasteiger partial charge in [0, 0.05) is 10.4 Å². The number of nitrogens with zero attached hydrogens (tertiary/aromatic N) is 1. The molecule has 3 rings (SSSR count). The van der Waals surface area contributed by atoms with Crippen molar-refractivity contribution in [2.24, 2.45) is 0 Å². The first-order valence-corrected chi connectivity index (χ1v) is 7.84. The van der Waals surface area contributed by atoms with Crippen LogP contribution in [0.15, 0.2) is 18.2 Å². The second-order valence-corrected chi connectivity index (χ2v) is 6.05.